The largest absolute Gasteiger partial charge is 0.480 e. The lowest BCUT2D eigenvalue weighted by Gasteiger charge is -2.38. The zero-order valence-corrected chi connectivity index (χ0v) is 66.3. The number of carboxylic acid groups (broad SMARTS) is 1. The number of aromatic amines is 1. The molecule has 1 unspecified atom stereocenters. The zero-order valence-electron chi connectivity index (χ0n) is 64.5. The van der Waals surface area contributed by atoms with Gasteiger partial charge in [-0.1, -0.05) is 125 Å². The minimum atomic E-state index is -1.97. The van der Waals surface area contributed by atoms with Crippen LogP contribution in [0.5, 0.6) is 0 Å². The van der Waals surface area contributed by atoms with E-state index in [-0.39, 0.29) is 69.2 Å². The quantitative estimate of drug-likeness (QED) is 0.0165. The van der Waals surface area contributed by atoms with Crippen molar-refractivity contribution in [2.75, 3.05) is 37.7 Å². The lowest BCUT2D eigenvalue weighted by atomic mass is 9.88. The molecule has 4 aromatic carbocycles. The average molecular weight is 1610 g/mol. The summed E-state index contributed by atoms with van der Waals surface area (Å²) >= 11 is 8.49. The van der Waals surface area contributed by atoms with E-state index in [2.05, 4.69) is 88.7 Å². The molecule has 0 spiro atoms. The number of thiol groups is 2. The molecule has 0 radical (unpaired) electrons. The zero-order chi connectivity index (χ0) is 83.3. The van der Waals surface area contributed by atoms with Crippen LogP contribution in [0.2, 0.25) is 0 Å². The number of rotatable bonds is 46. The van der Waals surface area contributed by atoms with Gasteiger partial charge in [-0.05, 0) is 130 Å². The second-order valence-corrected chi connectivity index (χ2v) is 29.6. The lowest BCUT2D eigenvalue weighted by Crippen LogP contribution is -2.64. The molecule has 1 aliphatic rings. The molecule has 0 fully saturated rings. The minimum absolute atomic E-state index is 0.00256. The maximum atomic E-state index is 15.2. The number of nitrogens with one attached hydrogen (secondary N) is 12. The van der Waals surface area contributed by atoms with Gasteiger partial charge in [0, 0.05) is 41.4 Å². The molecule has 5 aromatic rings. The second-order valence-electron chi connectivity index (χ2n) is 28.9. The molecule has 616 valence electrons. The maximum Gasteiger partial charge on any atom is 0.327 e. The van der Waals surface area contributed by atoms with E-state index in [1.807, 2.05) is 24.3 Å². The van der Waals surface area contributed by atoms with Crippen molar-refractivity contribution in [2.45, 2.75) is 197 Å². The number of benzene rings is 4. The number of H-pyrrole nitrogens is 1. The summed E-state index contributed by atoms with van der Waals surface area (Å²) in [7, 11) is 0. The molecular weight excluding hydrogens is 1500 g/mol. The van der Waals surface area contributed by atoms with Crippen LogP contribution in [0, 0.1) is 11.8 Å². The Hall–Kier alpha value is -10.0. The summed E-state index contributed by atoms with van der Waals surface area (Å²) in [6.07, 6.45) is 2.26. The highest BCUT2D eigenvalue weighted by molar-refractivity contribution is 7.80. The molecule has 0 aliphatic heterocycles. The number of nitrogens with two attached hydrogens (primary N) is 3. The number of aliphatic hydroxyl groups is 3. The third-order valence-electron chi connectivity index (χ3n) is 19.2. The van der Waals surface area contributed by atoms with Crippen molar-refractivity contribution >= 4 is 130 Å². The molecule has 1 aromatic heterocycles. The van der Waals surface area contributed by atoms with Crippen molar-refractivity contribution in [2.24, 2.45) is 29.0 Å². The maximum absolute atomic E-state index is 15.2. The van der Waals surface area contributed by atoms with E-state index < -0.39 is 187 Å². The van der Waals surface area contributed by atoms with Crippen LogP contribution in [0.4, 0.5) is 0 Å². The molecule has 35 heteroatoms. The Balaban J connectivity index is 1.22. The van der Waals surface area contributed by atoms with E-state index in [0.29, 0.717) is 46.9 Å². The fourth-order valence-electron chi connectivity index (χ4n) is 12.8. The van der Waals surface area contributed by atoms with Gasteiger partial charge in [-0.15, -0.1) is 0 Å². The van der Waals surface area contributed by atoms with Gasteiger partial charge in [0.2, 0.25) is 70.9 Å². The fraction of sp³-hybridized carbons (Fsp3) is 0.500. The van der Waals surface area contributed by atoms with Crippen molar-refractivity contribution < 1.29 is 82.8 Å². The molecule has 1 aliphatic carbocycles. The first-order chi connectivity index (χ1) is 53.8. The van der Waals surface area contributed by atoms with Crippen LogP contribution >= 0.6 is 25.3 Å². The number of aliphatic carboxylic acids is 1. The monoisotopic (exact) mass is 1610 g/mol. The Morgan fingerprint density at radius 2 is 1.04 bits per heavy atom. The minimum Gasteiger partial charge on any atom is -0.480 e. The van der Waals surface area contributed by atoms with Gasteiger partial charge >= 0.3 is 5.97 Å². The smallest absolute Gasteiger partial charge is 0.327 e. The summed E-state index contributed by atoms with van der Waals surface area (Å²) in [6, 6.07) is 7.28. The topological polar surface area (TPSA) is 532 Å². The number of carbonyl (C=O) groups excluding carboxylic acids is 12. The highest BCUT2D eigenvalue weighted by atomic mass is 32.1. The number of aliphatic hydroxyl groups excluding tert-OH is 3. The molecule has 1 heterocycles. The summed E-state index contributed by atoms with van der Waals surface area (Å²) in [5, 5.41) is 73.8. The molecule has 0 saturated carbocycles. The van der Waals surface area contributed by atoms with Gasteiger partial charge in [0.15, 0.2) is 0 Å². The third kappa shape index (κ3) is 26.5. The van der Waals surface area contributed by atoms with Gasteiger partial charge in [-0.2, -0.15) is 25.3 Å². The van der Waals surface area contributed by atoms with Crippen molar-refractivity contribution in [3.05, 3.63) is 126 Å². The first-order valence-electron chi connectivity index (χ1n) is 37.8. The summed E-state index contributed by atoms with van der Waals surface area (Å²) in [5.41, 5.74) is 20.6. The number of hydrogen-bond donors (Lipinski definition) is 21. The van der Waals surface area contributed by atoms with Crippen LogP contribution in [0.3, 0.4) is 0 Å². The number of hydrogen-bond acceptors (Lipinski definition) is 21. The van der Waals surface area contributed by atoms with E-state index >= 15 is 9.59 Å². The van der Waals surface area contributed by atoms with Gasteiger partial charge in [-0.25, -0.2) is 4.79 Å². The van der Waals surface area contributed by atoms with Crippen LogP contribution < -0.4 is 75.7 Å². The molecule has 0 bridgehead atoms. The molecular formula is C78H110N16O17S2. The summed E-state index contributed by atoms with van der Waals surface area (Å²) in [4.78, 5) is 187. The number of amides is 12. The first kappa shape index (κ1) is 91.9. The van der Waals surface area contributed by atoms with Crippen LogP contribution in [-0.2, 0) is 75.2 Å². The third-order valence-corrected chi connectivity index (χ3v) is 19.9. The molecule has 0 saturated heterocycles. The van der Waals surface area contributed by atoms with E-state index in [1.165, 1.54) is 6.92 Å². The Labute approximate surface area is 667 Å². The molecule has 22 N–H and O–H groups in total. The van der Waals surface area contributed by atoms with Crippen LogP contribution in [-0.4, -0.2) is 230 Å². The summed E-state index contributed by atoms with van der Waals surface area (Å²) < 4.78 is 0. The Morgan fingerprint density at radius 3 is 1.60 bits per heavy atom. The van der Waals surface area contributed by atoms with E-state index in [1.54, 1.807) is 113 Å². The van der Waals surface area contributed by atoms with Crippen molar-refractivity contribution in [3.8, 4) is 0 Å². The summed E-state index contributed by atoms with van der Waals surface area (Å²) in [6.45, 7) is 9.43. The van der Waals surface area contributed by atoms with Gasteiger partial charge in [0.25, 0.3) is 0 Å². The molecule has 6 rings (SSSR count). The van der Waals surface area contributed by atoms with Gasteiger partial charge in [-0.3, -0.25) is 57.5 Å². The van der Waals surface area contributed by atoms with E-state index in [4.69, 9.17) is 17.2 Å². The van der Waals surface area contributed by atoms with Gasteiger partial charge < -0.3 is 106 Å². The first-order valence-corrected chi connectivity index (χ1v) is 39.0. The average Bonchev–Trinajstić information content (AvgIpc) is 1.27. The molecule has 15 atom stereocenters. The number of para-hydroxylation sites is 1. The number of aromatic nitrogens is 1. The number of unbranched alkanes of at least 4 members (excludes halogenated alkanes) is 2. The lowest BCUT2D eigenvalue weighted by molar-refractivity contribution is -0.152. The van der Waals surface area contributed by atoms with Crippen LogP contribution in [0.15, 0.2) is 103 Å². The van der Waals surface area contributed by atoms with Crippen LogP contribution in [0.25, 0.3) is 27.8 Å². The predicted molar refractivity (Wildman–Crippen MR) is 430 cm³/mol. The van der Waals surface area contributed by atoms with E-state index in [0.717, 1.165) is 35.1 Å². The van der Waals surface area contributed by atoms with Gasteiger partial charge in [0.1, 0.15) is 66.5 Å². The standard InChI is InChI=1S/C78H110N16O17S2/c1-41(2)33-55(88-67(99)43(5)84-68(100)53(27-13-15-31-79)87-73(105)59(39-112)85-62(98)37-83-74(106)64(81)42(3)4)70(102)89-56(34-46-19-9-8-10-20-46)71(103)90-57(35-49-36-82-52-26-12-11-24-50(49)52)72(104)86-54(28-14-16-32-80)69(101)92-66(45(7)97)76(108)93-65(44(6)96)75(107)91-58(38-95)77(109)94(61(40-113)78(110)111)60-30-29-48-22-17-21-47-23-18-25-51(60)63(47)48/h8-12,17-26,29-30,36,41-45,53-61,64-66,82,95-97,112-113H,13-16,27-28,31-35,37-40,79-81H2,1-7H3,(H,83,106)(H,84,100)(H,85,98)(H,86,104)(H,87,105)(H,88,99)(H,89,102)(H,90,103)(H,91,107)(H,92,101)(H,93,108)(H,110,111)/t43-,44+,45+,53-,54-,55-,56-,57+,58-,59-,60?,61-,64+,65-,66-/m0/s1. The number of nitrogens with zero attached hydrogens (tertiary/aromatic N) is 1. The Kier molecular flexibility index (Phi) is 36.6. The predicted octanol–water partition coefficient (Wildman–Crippen LogP) is -0.959. The Bertz CT molecular complexity index is 4140. The highest BCUT2D eigenvalue weighted by Crippen LogP contribution is 2.38. The SMILES string of the molecule is CC(C)C[C@H](NC(=O)[C@H](C)NC(=O)[C@H](CCCCN)NC(=O)[C@H](CS)NC(=O)CNC(=O)[C@H](N)C(C)C)C(=O)N[C@@H](Cc1ccccc1)C(=O)N[C@H](Cc1c[nH]c2ccccc12)C(=O)N[C@@H](CCCCN)C(=O)N[C@H](C(=O)N[C@H](C(=O)N[C@@H](CO)C(=O)N(C1C=Cc2cccc3cccc1c23)[C@@H](CS)C(=O)O)[C@@H](C)O)[C@@H](C)O. The van der Waals surface area contributed by atoms with Crippen molar-refractivity contribution in [3.63, 3.8) is 0 Å². The number of carbonyl (C=O) groups is 13. The fourth-order valence-corrected chi connectivity index (χ4v) is 13.4. The highest BCUT2D eigenvalue weighted by Gasteiger charge is 2.43. The molecule has 12 amide bonds. The normalized spacial score (nSPS) is 16.1. The molecule has 113 heavy (non-hydrogen) atoms. The second kappa shape index (κ2) is 45.0. The Morgan fingerprint density at radius 1 is 0.531 bits per heavy atom. The number of carboxylic acids is 1. The summed E-state index contributed by atoms with van der Waals surface area (Å²) in [5.74, 6) is -13.6. The van der Waals surface area contributed by atoms with E-state index in [9.17, 15) is 73.2 Å². The molecule has 33 nitrogen and oxygen atoms in total. The van der Waals surface area contributed by atoms with Gasteiger partial charge in [0.05, 0.1) is 37.4 Å². The number of fused-ring (bicyclic) bond motifs is 1. The van der Waals surface area contributed by atoms with Crippen molar-refractivity contribution in [1.29, 1.82) is 0 Å². The van der Waals surface area contributed by atoms with Crippen LogP contribution in [0.1, 0.15) is 122 Å². The van der Waals surface area contributed by atoms with Crippen molar-refractivity contribution in [1.82, 2.24) is 68.4 Å².